The van der Waals surface area contributed by atoms with Crippen LogP contribution >= 0.6 is 0 Å². The fraction of sp³-hybridized carbons (Fsp3) is 0.0667. The van der Waals surface area contributed by atoms with Crippen LogP contribution in [-0.2, 0) is 0 Å². The maximum Gasteiger partial charge on any atom is 0.132 e. The van der Waals surface area contributed by atoms with Crippen molar-refractivity contribution in [2.24, 2.45) is 0 Å². The number of fused-ring (bicyclic) bond motifs is 1. The summed E-state index contributed by atoms with van der Waals surface area (Å²) in [6.45, 7) is 1.94. The first-order chi connectivity index (χ1) is 9.22. The Balaban J connectivity index is 1.94. The Hall–Kier alpha value is -2.62. The zero-order chi connectivity index (χ0) is 13.2. The zero-order valence-electron chi connectivity index (χ0n) is 10.6. The molecule has 0 unspecified atom stereocenters. The first-order valence-corrected chi connectivity index (χ1v) is 6.06. The third kappa shape index (κ3) is 2.33. The molecule has 0 amide bonds. The first-order valence-electron chi connectivity index (χ1n) is 6.06. The molecule has 19 heavy (non-hydrogen) atoms. The molecule has 4 nitrogen and oxygen atoms in total. The summed E-state index contributed by atoms with van der Waals surface area (Å²) in [7, 11) is 0. The summed E-state index contributed by atoms with van der Waals surface area (Å²) in [5, 5.41) is 4.34. The van der Waals surface area contributed by atoms with E-state index in [0.29, 0.717) is 0 Å². The molecule has 0 bridgehead atoms. The average Bonchev–Trinajstić information content (AvgIpc) is 2.43. The Bertz CT molecular complexity index is 737. The summed E-state index contributed by atoms with van der Waals surface area (Å²) in [6, 6.07) is 11.8. The van der Waals surface area contributed by atoms with Gasteiger partial charge >= 0.3 is 0 Å². The lowest BCUT2D eigenvalue weighted by atomic mass is 10.2. The monoisotopic (exact) mass is 250 g/mol. The number of nitrogens with one attached hydrogen (secondary N) is 1. The molecule has 1 aromatic carbocycles. The van der Waals surface area contributed by atoms with E-state index in [0.717, 1.165) is 33.7 Å². The lowest BCUT2D eigenvalue weighted by Crippen LogP contribution is -1.97. The normalized spacial score (nSPS) is 10.6. The minimum atomic E-state index is 0.736. The van der Waals surface area contributed by atoms with Crippen molar-refractivity contribution in [3.63, 3.8) is 0 Å². The lowest BCUT2D eigenvalue weighted by Gasteiger charge is -2.08. The van der Waals surface area contributed by atoms with Gasteiger partial charge in [0.25, 0.3) is 0 Å². The van der Waals surface area contributed by atoms with Gasteiger partial charge in [-0.2, -0.15) is 0 Å². The molecule has 0 aliphatic carbocycles. The summed E-state index contributed by atoms with van der Waals surface area (Å²) < 4.78 is 0. The van der Waals surface area contributed by atoms with E-state index in [1.54, 1.807) is 12.4 Å². The number of nitrogens with zero attached hydrogens (tertiary/aromatic N) is 2. The number of nitrogens with two attached hydrogens (primary N) is 1. The van der Waals surface area contributed by atoms with Gasteiger partial charge < -0.3 is 11.1 Å². The van der Waals surface area contributed by atoms with Gasteiger partial charge in [-0.3, -0.25) is 4.98 Å². The molecule has 0 spiro atoms. The van der Waals surface area contributed by atoms with E-state index in [9.17, 15) is 0 Å². The number of pyridine rings is 2. The second-order valence-electron chi connectivity index (χ2n) is 4.46. The van der Waals surface area contributed by atoms with Crippen molar-refractivity contribution in [3.8, 4) is 0 Å². The van der Waals surface area contributed by atoms with Crippen molar-refractivity contribution < 1.29 is 0 Å². The van der Waals surface area contributed by atoms with Crippen LogP contribution in [0.5, 0.6) is 0 Å². The lowest BCUT2D eigenvalue weighted by molar-refractivity contribution is 1.26. The van der Waals surface area contributed by atoms with Gasteiger partial charge in [-0.05, 0) is 36.8 Å². The SMILES string of the molecule is Cc1cnc(Nc2ccc3ncccc3c2)cc1N. The molecule has 4 heteroatoms. The van der Waals surface area contributed by atoms with Gasteiger partial charge in [0, 0.05) is 35.2 Å². The van der Waals surface area contributed by atoms with Crippen LogP contribution in [0.4, 0.5) is 17.2 Å². The van der Waals surface area contributed by atoms with Gasteiger partial charge in [-0.1, -0.05) is 6.07 Å². The number of aromatic nitrogens is 2. The summed E-state index contributed by atoms with van der Waals surface area (Å²) in [4.78, 5) is 8.60. The van der Waals surface area contributed by atoms with Crippen molar-refractivity contribution in [1.29, 1.82) is 0 Å². The predicted molar refractivity (Wildman–Crippen MR) is 78.4 cm³/mol. The van der Waals surface area contributed by atoms with Crippen molar-refractivity contribution >= 4 is 28.1 Å². The van der Waals surface area contributed by atoms with Crippen LogP contribution in [0.2, 0.25) is 0 Å². The van der Waals surface area contributed by atoms with Gasteiger partial charge in [-0.25, -0.2) is 4.98 Å². The standard InChI is InChI=1S/C15H14N4/c1-10-9-18-15(8-13(10)16)19-12-4-5-14-11(7-12)3-2-6-17-14/h2-9H,1H3,(H3,16,18,19). The Morgan fingerprint density at radius 1 is 1.11 bits per heavy atom. The number of hydrogen-bond acceptors (Lipinski definition) is 4. The molecule has 2 aromatic heterocycles. The Morgan fingerprint density at radius 2 is 2.00 bits per heavy atom. The fourth-order valence-corrected chi connectivity index (χ4v) is 1.91. The molecule has 0 saturated carbocycles. The maximum atomic E-state index is 5.87. The smallest absolute Gasteiger partial charge is 0.132 e. The zero-order valence-corrected chi connectivity index (χ0v) is 10.6. The number of aryl methyl sites for hydroxylation is 1. The molecule has 0 saturated heterocycles. The third-order valence-corrected chi connectivity index (χ3v) is 3.02. The molecule has 0 aliphatic rings. The van der Waals surface area contributed by atoms with Crippen molar-refractivity contribution in [2.45, 2.75) is 6.92 Å². The minimum Gasteiger partial charge on any atom is -0.398 e. The Labute approximate surface area is 111 Å². The third-order valence-electron chi connectivity index (χ3n) is 3.02. The molecule has 0 radical (unpaired) electrons. The van der Waals surface area contributed by atoms with Crippen LogP contribution in [0, 0.1) is 6.92 Å². The van der Waals surface area contributed by atoms with Crippen LogP contribution in [0.25, 0.3) is 10.9 Å². The summed E-state index contributed by atoms with van der Waals surface area (Å²) >= 11 is 0. The number of benzene rings is 1. The molecule has 2 heterocycles. The predicted octanol–water partition coefficient (Wildman–Crippen LogP) is 3.26. The van der Waals surface area contributed by atoms with Crippen molar-refractivity contribution in [1.82, 2.24) is 9.97 Å². The van der Waals surface area contributed by atoms with E-state index in [1.165, 1.54) is 0 Å². The van der Waals surface area contributed by atoms with Gasteiger partial charge in [0.05, 0.1) is 5.52 Å². The largest absolute Gasteiger partial charge is 0.398 e. The molecular weight excluding hydrogens is 236 g/mol. The number of nitrogen functional groups attached to an aromatic ring is 1. The van der Waals surface area contributed by atoms with Crippen LogP contribution in [0.15, 0.2) is 48.8 Å². The highest BCUT2D eigenvalue weighted by Crippen LogP contribution is 2.21. The highest BCUT2D eigenvalue weighted by atomic mass is 15.0. The first kappa shape index (κ1) is 11.5. The van der Waals surface area contributed by atoms with E-state index < -0.39 is 0 Å². The molecule has 3 rings (SSSR count). The second-order valence-corrected chi connectivity index (χ2v) is 4.46. The van der Waals surface area contributed by atoms with Crippen LogP contribution < -0.4 is 11.1 Å². The highest BCUT2D eigenvalue weighted by Gasteiger charge is 2.01. The van der Waals surface area contributed by atoms with E-state index in [2.05, 4.69) is 15.3 Å². The van der Waals surface area contributed by atoms with E-state index in [4.69, 9.17) is 5.73 Å². The topological polar surface area (TPSA) is 63.8 Å². The van der Waals surface area contributed by atoms with Gasteiger partial charge in [-0.15, -0.1) is 0 Å². The van der Waals surface area contributed by atoms with Gasteiger partial charge in [0.2, 0.25) is 0 Å². The molecule has 94 valence electrons. The maximum absolute atomic E-state index is 5.87. The molecule has 0 aliphatic heterocycles. The second kappa shape index (κ2) is 4.57. The molecule has 0 fully saturated rings. The summed E-state index contributed by atoms with van der Waals surface area (Å²) in [5.41, 5.74) is 9.54. The van der Waals surface area contributed by atoms with E-state index >= 15 is 0 Å². The van der Waals surface area contributed by atoms with Crippen LogP contribution in [0.1, 0.15) is 5.56 Å². The van der Waals surface area contributed by atoms with Crippen LogP contribution in [-0.4, -0.2) is 9.97 Å². The average molecular weight is 250 g/mol. The Kier molecular flexibility index (Phi) is 2.76. The Morgan fingerprint density at radius 3 is 2.84 bits per heavy atom. The molecule has 0 atom stereocenters. The fourth-order valence-electron chi connectivity index (χ4n) is 1.91. The minimum absolute atomic E-state index is 0.736. The van der Waals surface area contributed by atoms with Crippen molar-refractivity contribution in [2.75, 3.05) is 11.1 Å². The quantitative estimate of drug-likeness (QED) is 0.732. The summed E-state index contributed by atoms with van der Waals surface area (Å²) in [5.74, 6) is 0.742. The van der Waals surface area contributed by atoms with Crippen LogP contribution in [0.3, 0.4) is 0 Å². The van der Waals surface area contributed by atoms with E-state index in [1.807, 2.05) is 43.3 Å². The van der Waals surface area contributed by atoms with E-state index in [-0.39, 0.29) is 0 Å². The number of rotatable bonds is 2. The molecule has 3 N–H and O–H groups in total. The number of anilines is 3. The number of hydrogen-bond donors (Lipinski definition) is 2. The van der Waals surface area contributed by atoms with Gasteiger partial charge in [0.15, 0.2) is 0 Å². The summed E-state index contributed by atoms with van der Waals surface area (Å²) in [6.07, 6.45) is 3.55. The van der Waals surface area contributed by atoms with Crippen molar-refractivity contribution in [3.05, 3.63) is 54.4 Å². The molecular formula is C15H14N4. The molecule has 3 aromatic rings. The van der Waals surface area contributed by atoms with Gasteiger partial charge in [0.1, 0.15) is 5.82 Å². The highest BCUT2D eigenvalue weighted by molar-refractivity contribution is 5.83.